The van der Waals surface area contributed by atoms with Crippen LogP contribution in [0.2, 0.25) is 0 Å². The van der Waals surface area contributed by atoms with Gasteiger partial charge >= 0.3 is 0 Å². The lowest BCUT2D eigenvalue weighted by Gasteiger charge is -2.29. The van der Waals surface area contributed by atoms with Crippen LogP contribution in [0.15, 0.2) is 54.6 Å². The summed E-state index contributed by atoms with van der Waals surface area (Å²) >= 11 is 4.07. The van der Waals surface area contributed by atoms with E-state index in [1.165, 1.54) is 19.1 Å². The number of hydrogen-bond donors (Lipinski definition) is 11. The van der Waals surface area contributed by atoms with Gasteiger partial charge in [0.1, 0.15) is 23.9 Å². The van der Waals surface area contributed by atoms with Gasteiger partial charge in [-0.1, -0.05) is 76.6 Å². The highest BCUT2D eigenvalue weighted by Crippen LogP contribution is 2.15. The Hall–Kier alpha value is -6.47. The Morgan fingerprint density at radius 1 is 0.676 bits per heavy atom. The van der Waals surface area contributed by atoms with Crippen molar-refractivity contribution in [2.75, 3.05) is 18.8 Å². The fraction of sp³-hybridized carbons (Fsp3) is 0.511. The van der Waals surface area contributed by atoms with Crippen LogP contribution in [0.25, 0.3) is 0 Å². The van der Waals surface area contributed by atoms with Crippen LogP contribution in [0, 0.1) is 17.7 Å². The first kappa shape index (κ1) is 60.7. The minimum absolute atomic E-state index is 0.0365. The number of nitrogens with one attached hydrogen (secondary N) is 7. The second-order valence-corrected chi connectivity index (χ2v) is 17.9. The summed E-state index contributed by atoms with van der Waals surface area (Å²) in [6, 6.07) is 5.08. The van der Waals surface area contributed by atoms with Crippen LogP contribution in [0.3, 0.4) is 0 Å². The number of nitrogens with two attached hydrogens (primary N) is 3. The molecule has 0 aliphatic rings. The van der Waals surface area contributed by atoms with Gasteiger partial charge < -0.3 is 37.6 Å². The topological polar surface area (TPSA) is 353 Å². The van der Waals surface area contributed by atoms with Gasteiger partial charge in [-0.15, -0.1) is 0 Å². The molecule has 7 atom stereocenters. The highest BCUT2D eigenvalue weighted by Gasteiger charge is 2.38. The second kappa shape index (κ2) is 31.0. The molecule has 0 saturated carbocycles. The Morgan fingerprint density at radius 2 is 1.28 bits per heavy atom. The normalized spacial score (nSPS) is 14.0. The van der Waals surface area contributed by atoms with E-state index in [2.05, 4.69) is 50.2 Å². The van der Waals surface area contributed by atoms with E-state index >= 15 is 0 Å². The van der Waals surface area contributed by atoms with Gasteiger partial charge in [0.25, 0.3) is 0 Å². The van der Waals surface area contributed by atoms with Gasteiger partial charge in [0.2, 0.25) is 64.5 Å². The monoisotopic (exact) mass is 1010 g/mol. The first-order chi connectivity index (χ1) is 33.5. The number of ketones is 4. The van der Waals surface area contributed by atoms with Crippen LogP contribution in [0.4, 0.5) is 4.39 Å². The average Bonchev–Trinajstić information content (AvgIpc) is 3.31. The predicted molar refractivity (Wildman–Crippen MR) is 261 cm³/mol. The summed E-state index contributed by atoms with van der Waals surface area (Å²) in [5, 5.41) is 10.1. The third kappa shape index (κ3) is 21.6. The van der Waals surface area contributed by atoms with Crippen molar-refractivity contribution >= 4 is 77.1 Å². The first-order valence-electron chi connectivity index (χ1n) is 23.0. The number of amides is 7. The van der Waals surface area contributed by atoms with Crippen molar-refractivity contribution in [3.05, 3.63) is 71.5 Å². The van der Waals surface area contributed by atoms with E-state index in [0.29, 0.717) is 17.5 Å². The van der Waals surface area contributed by atoms with E-state index in [1.807, 2.05) is 0 Å². The second-order valence-electron chi connectivity index (χ2n) is 17.4. The number of Topliss-reactive ketones (excluding diaryl/α,β-unsaturated/α-hetero) is 4. The third-order valence-corrected chi connectivity index (χ3v) is 11.2. The first-order valence-corrected chi connectivity index (χ1v) is 23.7. The standard InChI is InChI=1S/C47H68FN11O11S/c1-6-27(4)41(44(67)43(66)34(54-39(63)18-19-71)21-29-10-8-7-9-11-29)56-45(68)32(16-17-37(49)61)57-58-35(22-38(50)62)46(69)53-28(5)47(70)59(24-30-12-14-31(48)15-13-30)25-40(64)55-33(20-26(2)3)42(65)36(60)23-52-51/h7-15,26-28,32-35,41,52,57-58,71H,6,16-25,51H2,1-5H3,(H2,49,61)(H2,50,62)(H,53,69)(H,54,63)(H,55,64)(H,56,68)/t27-,28-,32-,33-,34-,35-,41?/m0/s1. The lowest BCUT2D eigenvalue weighted by atomic mass is 9.89. The van der Waals surface area contributed by atoms with E-state index in [9.17, 15) is 57.1 Å². The van der Waals surface area contributed by atoms with Crippen molar-refractivity contribution in [3.63, 3.8) is 0 Å². The summed E-state index contributed by atoms with van der Waals surface area (Å²) in [6.45, 7) is 6.63. The molecule has 0 bridgehead atoms. The number of primary amides is 2. The van der Waals surface area contributed by atoms with Gasteiger partial charge in [0, 0.05) is 25.8 Å². The van der Waals surface area contributed by atoms with Crippen LogP contribution in [-0.4, -0.2) is 124 Å². The molecule has 0 heterocycles. The van der Waals surface area contributed by atoms with E-state index in [-0.39, 0.29) is 43.9 Å². The molecule has 0 saturated heterocycles. The molecule has 0 aliphatic carbocycles. The number of hydrazine groups is 2. The molecule has 1 unspecified atom stereocenters. The average molecular weight is 1010 g/mol. The molecule has 2 rings (SSSR count). The summed E-state index contributed by atoms with van der Waals surface area (Å²) in [5.74, 6) is -5.84. The Labute approximate surface area is 417 Å². The number of nitrogens with zero attached hydrogens (tertiary/aromatic N) is 1. The van der Waals surface area contributed by atoms with Crippen LogP contribution in [0.1, 0.15) is 84.3 Å². The van der Waals surface area contributed by atoms with Gasteiger partial charge in [-0.05, 0) is 60.6 Å². The number of carbonyl (C=O) groups is 11. The molecule has 0 radical (unpaired) electrons. The van der Waals surface area contributed by atoms with Crippen LogP contribution < -0.4 is 54.9 Å². The molecule has 2 aromatic carbocycles. The number of rotatable bonds is 34. The Bertz CT molecular complexity index is 2190. The molecule has 0 fully saturated rings. The van der Waals surface area contributed by atoms with E-state index in [4.69, 9.17) is 17.3 Å². The summed E-state index contributed by atoms with van der Waals surface area (Å²) in [4.78, 5) is 146. The number of thiol groups is 1. The zero-order valence-corrected chi connectivity index (χ0v) is 41.5. The fourth-order valence-electron chi connectivity index (χ4n) is 7.04. The van der Waals surface area contributed by atoms with Crippen LogP contribution >= 0.6 is 12.6 Å². The molecule has 2 aromatic rings. The molecule has 0 spiro atoms. The summed E-state index contributed by atoms with van der Waals surface area (Å²) in [5.41, 5.74) is 19.1. The quantitative estimate of drug-likeness (QED) is 0.0164. The highest BCUT2D eigenvalue weighted by molar-refractivity contribution is 7.80. The molecule has 390 valence electrons. The molecular weight excluding hydrogens is 946 g/mol. The highest BCUT2D eigenvalue weighted by atomic mass is 32.1. The molecule has 24 heteroatoms. The molecule has 0 aromatic heterocycles. The summed E-state index contributed by atoms with van der Waals surface area (Å²) < 4.78 is 13.8. The lowest BCUT2D eigenvalue weighted by Crippen LogP contribution is -2.61. The van der Waals surface area contributed by atoms with Gasteiger partial charge in [-0.3, -0.25) is 64.0 Å². The largest absolute Gasteiger partial charge is 0.370 e. The molecule has 7 amide bonds. The molecular formula is C47H68FN11O11S. The minimum atomic E-state index is -1.61. The SMILES string of the molecule is CC[C@H](C)C(NC(=O)[C@H](CCC(N)=O)NN[C@@H](CC(N)=O)C(=O)N[C@@H](C)C(=O)N(CC(=O)N[C@@H](CC(C)C)C(=O)C(=O)CNN)Cc1ccc(F)cc1)C(=O)C(=O)[C@H](Cc1ccccc1)NC(=O)CCS. The predicted octanol–water partition coefficient (Wildman–Crippen LogP) is -1.52. The zero-order valence-electron chi connectivity index (χ0n) is 40.6. The van der Waals surface area contributed by atoms with Crippen LogP contribution in [0.5, 0.6) is 0 Å². The molecule has 71 heavy (non-hydrogen) atoms. The maximum atomic E-state index is 14.0. The van der Waals surface area contributed by atoms with E-state index in [1.54, 1.807) is 58.0 Å². The van der Waals surface area contributed by atoms with Crippen molar-refractivity contribution < 1.29 is 57.1 Å². The number of hydrogen-bond acceptors (Lipinski definition) is 16. The maximum absolute atomic E-state index is 14.0. The molecule has 22 nitrogen and oxygen atoms in total. The Morgan fingerprint density at radius 3 is 1.85 bits per heavy atom. The summed E-state index contributed by atoms with van der Waals surface area (Å²) in [7, 11) is 0. The van der Waals surface area contributed by atoms with Gasteiger partial charge in [0.05, 0.1) is 37.6 Å². The van der Waals surface area contributed by atoms with Gasteiger partial charge in [-0.2, -0.15) is 12.6 Å². The van der Waals surface area contributed by atoms with Gasteiger partial charge in [0.15, 0.2) is 0 Å². The number of carbonyl (C=O) groups excluding carboxylic acids is 11. The van der Waals surface area contributed by atoms with E-state index in [0.717, 1.165) is 17.0 Å². The lowest BCUT2D eigenvalue weighted by molar-refractivity contribution is -0.142. The molecule has 0 aliphatic heterocycles. The molecule has 13 N–H and O–H groups in total. The Kier molecular flexibility index (Phi) is 26.5. The fourth-order valence-corrected chi connectivity index (χ4v) is 7.24. The third-order valence-electron chi connectivity index (χ3n) is 11.0. The number of halogens is 1. The minimum Gasteiger partial charge on any atom is -0.370 e. The van der Waals surface area contributed by atoms with Crippen molar-refractivity contribution in [2.45, 2.75) is 122 Å². The van der Waals surface area contributed by atoms with Crippen molar-refractivity contribution in [3.8, 4) is 0 Å². The van der Waals surface area contributed by atoms with Crippen molar-refractivity contribution in [2.24, 2.45) is 29.1 Å². The van der Waals surface area contributed by atoms with Gasteiger partial charge in [-0.25, -0.2) is 15.2 Å². The smallest absolute Gasteiger partial charge is 0.245 e. The number of benzene rings is 2. The van der Waals surface area contributed by atoms with Crippen LogP contribution in [-0.2, 0) is 65.7 Å². The Balaban J connectivity index is 2.39. The van der Waals surface area contributed by atoms with Crippen molar-refractivity contribution in [1.29, 1.82) is 0 Å². The van der Waals surface area contributed by atoms with E-state index < -0.39 is 138 Å². The maximum Gasteiger partial charge on any atom is 0.245 e. The van der Waals surface area contributed by atoms with Crippen molar-refractivity contribution in [1.82, 2.24) is 42.4 Å². The summed E-state index contributed by atoms with van der Waals surface area (Å²) in [6.07, 6.45) is -1.16. The zero-order chi connectivity index (χ0) is 53.4.